The van der Waals surface area contributed by atoms with E-state index >= 15 is 0 Å². The smallest absolute Gasteiger partial charge is 0.407 e. The standard InChI is InChI=1S/C22H25Cl3N6O3/c1-13(15-5-4-14(23)11-16(15)24)27-19-17(25)12-26-21(28-19)30-9-7-29(8-10-30)20(32)18-3-2-6-31(18)22(33)34/h4-5,11-13,18H,2-3,6-10H2,1H3,(H,33,34)(H,26,27,28)/t13-,18?/m1/s1. The van der Waals surface area contributed by atoms with Crippen LogP contribution in [0.25, 0.3) is 0 Å². The van der Waals surface area contributed by atoms with Crippen LogP contribution < -0.4 is 10.2 Å². The van der Waals surface area contributed by atoms with Crippen LogP contribution in [0.2, 0.25) is 15.1 Å². The van der Waals surface area contributed by atoms with Crippen LogP contribution in [0.3, 0.4) is 0 Å². The summed E-state index contributed by atoms with van der Waals surface area (Å²) in [6.45, 7) is 4.35. The van der Waals surface area contributed by atoms with Gasteiger partial charge in [0, 0.05) is 42.8 Å². The highest BCUT2D eigenvalue weighted by Gasteiger charge is 2.37. The number of hydrogen-bond donors (Lipinski definition) is 2. The number of hydrogen-bond acceptors (Lipinski definition) is 6. The maximum atomic E-state index is 12.9. The summed E-state index contributed by atoms with van der Waals surface area (Å²) in [6.07, 6.45) is 1.77. The van der Waals surface area contributed by atoms with E-state index in [1.54, 1.807) is 23.2 Å². The maximum Gasteiger partial charge on any atom is 0.407 e. The topological polar surface area (TPSA) is 102 Å². The molecule has 182 valence electrons. The highest BCUT2D eigenvalue weighted by Crippen LogP contribution is 2.31. The van der Waals surface area contributed by atoms with Gasteiger partial charge in [0.25, 0.3) is 0 Å². The predicted octanol–water partition coefficient (Wildman–Crippen LogP) is 4.40. The molecule has 2 aliphatic rings. The monoisotopic (exact) mass is 526 g/mol. The SMILES string of the molecule is C[C@@H](Nc1nc(N2CCN(C(=O)C3CCCN3C(=O)O)CC2)ncc1Cl)c1ccc(Cl)cc1Cl. The van der Waals surface area contributed by atoms with Crippen LogP contribution in [0.5, 0.6) is 0 Å². The van der Waals surface area contributed by atoms with Crippen molar-refractivity contribution in [3.8, 4) is 0 Å². The normalized spacial score (nSPS) is 19.3. The van der Waals surface area contributed by atoms with Crippen LogP contribution >= 0.6 is 34.8 Å². The molecule has 0 bridgehead atoms. The summed E-state index contributed by atoms with van der Waals surface area (Å²) in [6, 6.07) is 4.54. The third-order valence-corrected chi connectivity index (χ3v) is 7.01. The van der Waals surface area contributed by atoms with E-state index < -0.39 is 12.1 Å². The number of rotatable bonds is 5. The van der Waals surface area contributed by atoms with Crippen LogP contribution in [-0.2, 0) is 4.79 Å². The minimum atomic E-state index is -1.04. The first-order chi connectivity index (χ1) is 16.2. The van der Waals surface area contributed by atoms with Crippen LogP contribution in [0.15, 0.2) is 24.4 Å². The lowest BCUT2D eigenvalue weighted by Gasteiger charge is -2.37. The number of benzene rings is 1. The second-order valence-electron chi connectivity index (χ2n) is 8.34. The van der Waals surface area contributed by atoms with Gasteiger partial charge in [-0.2, -0.15) is 4.98 Å². The van der Waals surface area contributed by atoms with Crippen molar-refractivity contribution in [3.05, 3.63) is 45.0 Å². The van der Waals surface area contributed by atoms with E-state index in [-0.39, 0.29) is 11.9 Å². The van der Waals surface area contributed by atoms with E-state index in [1.165, 1.54) is 4.90 Å². The molecular weight excluding hydrogens is 503 g/mol. The van der Waals surface area contributed by atoms with E-state index in [0.717, 1.165) is 5.56 Å². The molecule has 2 amide bonds. The number of halogens is 3. The van der Waals surface area contributed by atoms with Crippen LogP contribution in [-0.4, -0.2) is 75.6 Å². The zero-order valence-corrected chi connectivity index (χ0v) is 20.8. The Hall–Kier alpha value is -2.49. The van der Waals surface area contributed by atoms with Crippen molar-refractivity contribution in [2.75, 3.05) is 42.9 Å². The Kier molecular flexibility index (Phi) is 7.54. The molecule has 0 saturated carbocycles. The third kappa shape index (κ3) is 5.26. The number of likely N-dealkylation sites (tertiary alicyclic amines) is 1. The summed E-state index contributed by atoms with van der Waals surface area (Å²) in [4.78, 5) is 38.2. The Labute approximate surface area is 212 Å². The van der Waals surface area contributed by atoms with Gasteiger partial charge >= 0.3 is 6.09 Å². The minimum Gasteiger partial charge on any atom is -0.465 e. The predicted molar refractivity (Wildman–Crippen MR) is 132 cm³/mol. The van der Waals surface area contributed by atoms with Crippen LogP contribution in [0.1, 0.15) is 31.4 Å². The summed E-state index contributed by atoms with van der Waals surface area (Å²) in [5.74, 6) is 0.848. The van der Waals surface area contributed by atoms with Crippen molar-refractivity contribution in [3.63, 3.8) is 0 Å². The summed E-state index contributed by atoms with van der Waals surface area (Å²) in [7, 11) is 0. The average molecular weight is 528 g/mol. The molecule has 34 heavy (non-hydrogen) atoms. The first-order valence-corrected chi connectivity index (χ1v) is 12.2. The molecule has 2 N–H and O–H groups in total. The summed E-state index contributed by atoms with van der Waals surface area (Å²) in [5, 5.41) is 14.1. The zero-order valence-electron chi connectivity index (χ0n) is 18.5. The van der Waals surface area contributed by atoms with Crippen molar-refractivity contribution in [2.45, 2.75) is 31.8 Å². The van der Waals surface area contributed by atoms with Gasteiger partial charge in [0.2, 0.25) is 11.9 Å². The Morgan fingerprint density at radius 1 is 1.12 bits per heavy atom. The lowest BCUT2D eigenvalue weighted by atomic mass is 10.1. The fourth-order valence-corrected chi connectivity index (χ4v) is 5.05. The molecule has 0 radical (unpaired) electrons. The van der Waals surface area contributed by atoms with Gasteiger partial charge in [-0.05, 0) is 37.5 Å². The van der Waals surface area contributed by atoms with Crippen molar-refractivity contribution in [1.29, 1.82) is 0 Å². The second-order valence-corrected chi connectivity index (χ2v) is 9.60. The Morgan fingerprint density at radius 3 is 2.53 bits per heavy atom. The quantitative estimate of drug-likeness (QED) is 0.594. The number of amides is 2. The van der Waals surface area contributed by atoms with E-state index in [9.17, 15) is 14.7 Å². The summed E-state index contributed by atoms with van der Waals surface area (Å²) >= 11 is 18.7. The van der Waals surface area contributed by atoms with Crippen molar-refractivity contribution in [1.82, 2.24) is 19.8 Å². The number of anilines is 2. The molecule has 12 heteroatoms. The third-order valence-electron chi connectivity index (χ3n) is 6.17. The lowest BCUT2D eigenvalue weighted by Crippen LogP contribution is -2.54. The molecule has 4 rings (SSSR count). The maximum absolute atomic E-state index is 12.9. The van der Waals surface area contributed by atoms with E-state index in [1.807, 2.05) is 17.9 Å². The van der Waals surface area contributed by atoms with Gasteiger partial charge in [-0.25, -0.2) is 9.78 Å². The number of piperazine rings is 1. The van der Waals surface area contributed by atoms with Gasteiger partial charge in [-0.15, -0.1) is 0 Å². The van der Waals surface area contributed by atoms with E-state index in [0.29, 0.717) is 72.4 Å². The summed E-state index contributed by atoms with van der Waals surface area (Å²) < 4.78 is 0. The molecule has 2 fully saturated rings. The molecule has 1 aromatic heterocycles. The first-order valence-electron chi connectivity index (χ1n) is 11.0. The molecule has 2 aromatic rings. The lowest BCUT2D eigenvalue weighted by molar-refractivity contribution is -0.135. The van der Waals surface area contributed by atoms with Gasteiger partial charge < -0.3 is 20.2 Å². The van der Waals surface area contributed by atoms with Gasteiger partial charge in [0.1, 0.15) is 11.1 Å². The van der Waals surface area contributed by atoms with Crippen LogP contribution in [0.4, 0.5) is 16.6 Å². The molecule has 9 nitrogen and oxygen atoms in total. The molecule has 2 aliphatic heterocycles. The Balaban J connectivity index is 1.40. The van der Waals surface area contributed by atoms with Crippen molar-refractivity contribution >= 4 is 58.6 Å². The van der Waals surface area contributed by atoms with Crippen molar-refractivity contribution < 1.29 is 14.7 Å². The Bertz CT molecular complexity index is 1080. The molecule has 2 saturated heterocycles. The van der Waals surface area contributed by atoms with Gasteiger partial charge in [-0.3, -0.25) is 9.69 Å². The Morgan fingerprint density at radius 2 is 1.85 bits per heavy atom. The van der Waals surface area contributed by atoms with Gasteiger partial charge in [0.15, 0.2) is 5.82 Å². The van der Waals surface area contributed by atoms with Gasteiger partial charge in [-0.1, -0.05) is 40.9 Å². The number of carbonyl (C=O) groups excluding carboxylic acids is 1. The van der Waals surface area contributed by atoms with E-state index in [2.05, 4.69) is 15.3 Å². The summed E-state index contributed by atoms with van der Waals surface area (Å²) in [5.41, 5.74) is 0.858. The largest absolute Gasteiger partial charge is 0.465 e. The van der Waals surface area contributed by atoms with E-state index in [4.69, 9.17) is 34.8 Å². The van der Waals surface area contributed by atoms with Gasteiger partial charge in [0.05, 0.1) is 12.2 Å². The second kappa shape index (κ2) is 10.4. The molecule has 1 unspecified atom stereocenters. The fourth-order valence-electron chi connectivity index (χ4n) is 4.34. The molecular formula is C22H25Cl3N6O3. The number of aromatic nitrogens is 2. The minimum absolute atomic E-state index is 0.132. The highest BCUT2D eigenvalue weighted by molar-refractivity contribution is 6.35. The fraction of sp³-hybridized carbons (Fsp3) is 0.455. The molecule has 3 heterocycles. The number of carbonyl (C=O) groups is 2. The average Bonchev–Trinajstić information content (AvgIpc) is 3.30. The molecule has 1 aromatic carbocycles. The molecule has 2 atom stereocenters. The van der Waals surface area contributed by atoms with Crippen LogP contribution in [0, 0.1) is 0 Å². The number of nitrogens with one attached hydrogen (secondary N) is 1. The zero-order chi connectivity index (χ0) is 24.4. The first kappa shape index (κ1) is 24.6. The molecule has 0 spiro atoms. The number of nitrogens with zero attached hydrogens (tertiary/aromatic N) is 5. The van der Waals surface area contributed by atoms with Crippen molar-refractivity contribution in [2.24, 2.45) is 0 Å². The molecule has 0 aliphatic carbocycles. The highest BCUT2D eigenvalue weighted by atomic mass is 35.5. The number of carboxylic acid groups (broad SMARTS) is 1.